The van der Waals surface area contributed by atoms with Crippen LogP contribution in [-0.2, 0) is 2.82 Å². The summed E-state index contributed by atoms with van der Waals surface area (Å²) in [5.74, 6) is 0. The molecule has 2 radical (unpaired) electrons. The molecule has 1 aliphatic rings. The number of hydrogen-bond donors (Lipinski definition) is 0. The summed E-state index contributed by atoms with van der Waals surface area (Å²) in [4.78, 5) is 0. The van der Waals surface area contributed by atoms with Gasteiger partial charge >= 0.3 is 316 Å². The molecule has 0 aromatic rings. The zero-order chi connectivity index (χ0) is 33.4. The van der Waals surface area contributed by atoms with E-state index in [9.17, 15) is 0 Å². The van der Waals surface area contributed by atoms with Crippen LogP contribution in [0.3, 0.4) is 0 Å². The maximum Gasteiger partial charge on any atom is -0.412 e. The number of rotatable bonds is 26. The molecule has 12 heteroatoms. The number of unbranched alkanes of at least 4 members (excludes halogenated alkanes) is 8. The third-order valence-corrected chi connectivity index (χ3v) is 67.7. The smallest absolute Gasteiger partial charge is 0.412 e. The Labute approximate surface area is 323 Å². The Bertz CT molecular complexity index is 646. The Morgan fingerprint density at radius 1 is 0.435 bits per heavy atom. The molecule has 0 aliphatic carbocycles. The molecule has 0 aromatic heterocycles. The standard InChI is InChI=1S/8C4H9.2CNS.2H2O.2O.4Sn/c8*1-3-4-2;2*2-1-3;;;;;;;;/h8*1,3-4H2,2H3;;;2*1H2;;;;;;/q;;;;;;;;2*-1;;;;;;;2*+1. The van der Waals surface area contributed by atoms with E-state index in [1.54, 1.807) is 0 Å². The predicted octanol–water partition coefficient (Wildman–Crippen LogP) is 11.8. The van der Waals surface area contributed by atoms with Gasteiger partial charge in [-0.1, -0.05) is 0 Å². The maximum absolute atomic E-state index is 6.92. The molecule has 0 amide bonds. The van der Waals surface area contributed by atoms with Gasteiger partial charge in [0, 0.05) is 0 Å². The SMILES string of the molecule is CCC[CH2][Sn]([CH2]CCC)[N]=C=S.CCC[CH2][Sn]([CH2]CCC)[N]=C=S.CCC[CH2][Sn]1([CH2]CCC)[O][Sn]([CH2]CCC)([CH2]CCC)[O]1.O.O. The van der Waals surface area contributed by atoms with Crippen molar-refractivity contribution in [1.29, 1.82) is 0 Å². The molecule has 1 rings (SSSR count). The van der Waals surface area contributed by atoms with Gasteiger partial charge in [0.25, 0.3) is 0 Å². The first kappa shape index (κ1) is 55.4. The van der Waals surface area contributed by atoms with Gasteiger partial charge in [0.15, 0.2) is 0 Å². The Balaban J connectivity index is -0.000000297. The zero-order valence-corrected chi connectivity index (χ0v) is 44.5. The van der Waals surface area contributed by atoms with Crippen LogP contribution in [0.4, 0.5) is 0 Å². The van der Waals surface area contributed by atoms with E-state index in [1.165, 1.54) is 138 Å². The molecule has 6 nitrogen and oxygen atoms in total. The van der Waals surface area contributed by atoms with Gasteiger partial charge in [0.05, 0.1) is 0 Å². The van der Waals surface area contributed by atoms with Gasteiger partial charge in [-0.3, -0.25) is 0 Å². The molecule has 46 heavy (non-hydrogen) atoms. The van der Waals surface area contributed by atoms with E-state index in [-0.39, 0.29) is 11.0 Å². The fourth-order valence-electron chi connectivity index (χ4n) is 5.25. The minimum atomic E-state index is -2.53. The average Bonchev–Trinajstić information content (AvgIpc) is 3.02. The normalized spacial score (nSPS) is 13.8. The van der Waals surface area contributed by atoms with E-state index < -0.39 is 78.5 Å². The van der Waals surface area contributed by atoms with E-state index in [1.807, 2.05) is 0 Å². The van der Waals surface area contributed by atoms with Gasteiger partial charge in [-0.05, 0) is 0 Å². The van der Waals surface area contributed by atoms with Crippen LogP contribution in [0, 0.1) is 0 Å². The number of isothiocyanates is 2. The molecule has 1 aliphatic heterocycles. The molecule has 0 spiro atoms. The molecular weight excluding hydrogens is 1040 g/mol. The van der Waals surface area contributed by atoms with Crippen LogP contribution in [0.2, 0.25) is 35.5 Å². The Morgan fingerprint density at radius 3 is 0.826 bits per heavy atom. The molecule has 1 saturated heterocycles. The van der Waals surface area contributed by atoms with Crippen molar-refractivity contribution in [2.24, 2.45) is 6.43 Å². The molecule has 0 saturated carbocycles. The third-order valence-electron chi connectivity index (χ3n) is 8.07. The van der Waals surface area contributed by atoms with Crippen molar-refractivity contribution in [2.45, 2.75) is 194 Å². The van der Waals surface area contributed by atoms with Gasteiger partial charge < -0.3 is 11.0 Å². The van der Waals surface area contributed by atoms with Crippen molar-refractivity contribution in [2.75, 3.05) is 0 Å². The van der Waals surface area contributed by atoms with Gasteiger partial charge in [0.2, 0.25) is 0 Å². The van der Waals surface area contributed by atoms with Gasteiger partial charge in [0.1, 0.15) is 0 Å². The van der Waals surface area contributed by atoms with E-state index in [0.29, 0.717) is 0 Å². The van der Waals surface area contributed by atoms with Crippen LogP contribution in [-0.4, -0.2) is 99.8 Å². The van der Waals surface area contributed by atoms with Crippen LogP contribution in [0.25, 0.3) is 0 Å². The molecule has 4 N–H and O–H groups in total. The summed E-state index contributed by atoms with van der Waals surface area (Å²) < 4.78 is 33.4. The predicted molar refractivity (Wildman–Crippen MR) is 220 cm³/mol. The molecule has 0 bridgehead atoms. The van der Waals surface area contributed by atoms with E-state index >= 15 is 0 Å². The minimum Gasteiger partial charge on any atom is -0.412 e. The van der Waals surface area contributed by atoms with Crippen LogP contribution >= 0.6 is 24.4 Å². The maximum atomic E-state index is 6.92. The Hall–Kier alpha value is 2.63. The van der Waals surface area contributed by atoms with Crippen molar-refractivity contribution in [3.05, 3.63) is 0 Å². The van der Waals surface area contributed by atoms with Crippen molar-refractivity contribution in [1.82, 2.24) is 0 Å². The molecule has 0 atom stereocenters. The van der Waals surface area contributed by atoms with Crippen molar-refractivity contribution < 1.29 is 13.8 Å². The number of nitrogens with zero attached hydrogens (tertiary/aromatic N) is 2. The Morgan fingerprint density at radius 2 is 0.652 bits per heavy atom. The van der Waals surface area contributed by atoms with E-state index in [2.05, 4.69) is 96.6 Å². The summed E-state index contributed by atoms with van der Waals surface area (Å²) in [5, 5.41) is 5.16. The second-order valence-corrected chi connectivity index (χ2v) is 51.3. The summed E-state index contributed by atoms with van der Waals surface area (Å²) >= 11 is 1.45. The van der Waals surface area contributed by atoms with Crippen molar-refractivity contribution in [3.63, 3.8) is 0 Å². The summed E-state index contributed by atoms with van der Waals surface area (Å²) in [5.41, 5.74) is 0. The first-order valence-electron chi connectivity index (χ1n) is 18.6. The Kier molecular flexibility index (Phi) is 48.7. The second-order valence-electron chi connectivity index (χ2n) is 12.4. The fourth-order valence-corrected chi connectivity index (χ4v) is 78.9. The van der Waals surface area contributed by atoms with Crippen molar-refractivity contribution in [3.8, 4) is 0 Å². The summed E-state index contributed by atoms with van der Waals surface area (Å²) in [6.07, 6.45) is 21.1. The van der Waals surface area contributed by atoms with Gasteiger partial charge in [-0.25, -0.2) is 0 Å². The summed E-state index contributed by atoms with van der Waals surface area (Å²) in [7, 11) is 0. The molecular formula is C34H76N2O4S2Sn4. The van der Waals surface area contributed by atoms with E-state index in [4.69, 9.17) is 2.82 Å². The van der Waals surface area contributed by atoms with Gasteiger partial charge in [-0.15, -0.1) is 0 Å². The molecule has 0 aromatic carbocycles. The number of thiocarbonyl (C=S) groups is 2. The minimum absolute atomic E-state index is 0. The molecule has 274 valence electrons. The molecule has 0 unspecified atom stereocenters. The average molecular weight is 1120 g/mol. The van der Waals surface area contributed by atoms with Crippen molar-refractivity contribution >= 4 is 113 Å². The van der Waals surface area contributed by atoms with Crippen LogP contribution in [0.15, 0.2) is 6.43 Å². The largest absolute Gasteiger partial charge is 0.412 e. The quantitative estimate of drug-likeness (QED) is 0.0488. The molecule has 1 heterocycles. The first-order valence-corrected chi connectivity index (χ1v) is 42.8. The summed E-state index contributed by atoms with van der Waals surface area (Å²) in [6.45, 7) is 18.1. The third kappa shape index (κ3) is 30.3. The topological polar surface area (TPSA) is 106 Å². The zero-order valence-electron chi connectivity index (χ0n) is 31.5. The van der Waals surface area contributed by atoms with Crippen LogP contribution < -0.4 is 0 Å². The molecule has 1 fully saturated rings. The van der Waals surface area contributed by atoms with Crippen LogP contribution in [0.5, 0.6) is 0 Å². The summed E-state index contributed by atoms with van der Waals surface area (Å²) in [6, 6.07) is 0. The fraction of sp³-hybridized carbons (Fsp3) is 0.941. The van der Waals surface area contributed by atoms with E-state index in [0.717, 1.165) is 0 Å². The second kappa shape index (κ2) is 40.4. The van der Waals surface area contributed by atoms with Crippen LogP contribution in [0.1, 0.15) is 158 Å². The van der Waals surface area contributed by atoms with Gasteiger partial charge in [-0.2, -0.15) is 0 Å². The first-order chi connectivity index (χ1) is 21.3. The monoisotopic (exact) mass is 1120 g/mol. The number of hydrogen-bond acceptors (Lipinski definition) is 6.